The maximum atomic E-state index is 11.9. The van der Waals surface area contributed by atoms with Gasteiger partial charge >= 0.3 is 0 Å². The molecule has 4 heteroatoms. The van der Waals surface area contributed by atoms with E-state index in [1.54, 1.807) is 6.92 Å². The number of benzene rings is 1. The molecular weight excluding hydrogens is 240 g/mol. The zero-order valence-corrected chi connectivity index (χ0v) is 11.8. The Bertz CT molecular complexity index is 458. The van der Waals surface area contributed by atoms with Crippen molar-refractivity contribution in [1.82, 2.24) is 5.32 Å². The second kappa shape index (κ2) is 5.61. The van der Waals surface area contributed by atoms with E-state index in [-0.39, 0.29) is 5.91 Å². The van der Waals surface area contributed by atoms with Crippen molar-refractivity contribution in [3.8, 4) is 5.75 Å². The molecular formula is C15H22N2O2. The molecule has 104 valence electrons. The van der Waals surface area contributed by atoms with Crippen molar-refractivity contribution in [3.63, 3.8) is 0 Å². The number of nitrogens with two attached hydrogens (primary N) is 1. The highest BCUT2D eigenvalue weighted by Crippen LogP contribution is 2.26. The molecule has 1 saturated carbocycles. The molecule has 19 heavy (non-hydrogen) atoms. The molecule has 1 unspecified atom stereocenters. The second-order valence-corrected chi connectivity index (χ2v) is 5.31. The van der Waals surface area contributed by atoms with Crippen LogP contribution in [0.15, 0.2) is 12.1 Å². The first-order valence-electron chi connectivity index (χ1n) is 6.78. The monoisotopic (exact) mass is 262 g/mol. The Kier molecular flexibility index (Phi) is 4.10. The summed E-state index contributed by atoms with van der Waals surface area (Å²) >= 11 is 0. The fourth-order valence-corrected chi connectivity index (χ4v) is 2.12. The minimum Gasteiger partial charge on any atom is -0.480 e. The molecule has 0 radical (unpaired) electrons. The lowest BCUT2D eigenvalue weighted by Gasteiger charge is -2.18. The predicted molar refractivity (Wildman–Crippen MR) is 75.1 cm³/mol. The van der Waals surface area contributed by atoms with Crippen molar-refractivity contribution in [2.45, 2.75) is 52.3 Å². The van der Waals surface area contributed by atoms with Gasteiger partial charge in [-0.2, -0.15) is 0 Å². The van der Waals surface area contributed by atoms with Gasteiger partial charge < -0.3 is 15.8 Å². The lowest BCUT2D eigenvalue weighted by Crippen LogP contribution is -2.37. The molecule has 0 aromatic heterocycles. The van der Waals surface area contributed by atoms with Gasteiger partial charge in [0, 0.05) is 12.6 Å². The number of nitrogens with one attached hydrogen (secondary N) is 1. The second-order valence-electron chi connectivity index (χ2n) is 5.31. The maximum Gasteiger partial charge on any atom is 0.260 e. The first-order valence-corrected chi connectivity index (χ1v) is 6.78. The molecule has 0 bridgehead atoms. The summed E-state index contributed by atoms with van der Waals surface area (Å²) in [5.41, 5.74) is 8.76. The molecule has 4 nitrogen and oxygen atoms in total. The zero-order chi connectivity index (χ0) is 14.0. The Morgan fingerprint density at radius 3 is 2.47 bits per heavy atom. The van der Waals surface area contributed by atoms with Crippen LogP contribution in [0.5, 0.6) is 5.75 Å². The van der Waals surface area contributed by atoms with E-state index in [4.69, 9.17) is 10.5 Å². The van der Waals surface area contributed by atoms with Crippen molar-refractivity contribution < 1.29 is 9.53 Å². The fourth-order valence-electron chi connectivity index (χ4n) is 2.12. The summed E-state index contributed by atoms with van der Waals surface area (Å²) in [5.74, 6) is 0.750. The molecule has 1 aromatic rings. The van der Waals surface area contributed by atoms with Gasteiger partial charge in [0.05, 0.1) is 0 Å². The zero-order valence-electron chi connectivity index (χ0n) is 11.8. The summed E-state index contributed by atoms with van der Waals surface area (Å²) in [4.78, 5) is 11.9. The topological polar surface area (TPSA) is 64.3 Å². The Morgan fingerprint density at radius 1 is 1.42 bits per heavy atom. The van der Waals surface area contributed by atoms with E-state index < -0.39 is 6.10 Å². The van der Waals surface area contributed by atoms with Crippen LogP contribution in [0.4, 0.5) is 0 Å². The van der Waals surface area contributed by atoms with Crippen LogP contribution in [0.2, 0.25) is 0 Å². The van der Waals surface area contributed by atoms with Gasteiger partial charge in [0.1, 0.15) is 5.75 Å². The maximum absolute atomic E-state index is 11.9. The summed E-state index contributed by atoms with van der Waals surface area (Å²) < 4.78 is 5.81. The minimum atomic E-state index is -0.471. The summed E-state index contributed by atoms with van der Waals surface area (Å²) in [6, 6.07) is 4.38. The number of carbonyl (C=O) groups excluding carboxylic acids is 1. The Morgan fingerprint density at radius 2 is 2.00 bits per heavy atom. The SMILES string of the molecule is Cc1cc(CN)cc(C)c1OC(C)C(=O)NC1CC1. The summed E-state index contributed by atoms with van der Waals surface area (Å²) in [6.45, 7) is 6.26. The molecule has 1 aliphatic carbocycles. The predicted octanol–water partition coefficient (Wildman–Crippen LogP) is 1.81. The smallest absolute Gasteiger partial charge is 0.260 e. The largest absolute Gasteiger partial charge is 0.480 e. The minimum absolute atomic E-state index is 0.0378. The van der Waals surface area contributed by atoms with Crippen molar-refractivity contribution >= 4 is 5.91 Å². The third kappa shape index (κ3) is 3.47. The number of hydrogen-bond donors (Lipinski definition) is 2. The normalized spacial score (nSPS) is 16.0. The van der Waals surface area contributed by atoms with Crippen LogP contribution in [0.3, 0.4) is 0 Å². The van der Waals surface area contributed by atoms with Crippen LogP contribution >= 0.6 is 0 Å². The van der Waals surface area contributed by atoms with Crippen molar-refractivity contribution in [1.29, 1.82) is 0 Å². The van der Waals surface area contributed by atoms with E-state index in [9.17, 15) is 4.79 Å². The quantitative estimate of drug-likeness (QED) is 0.850. The van der Waals surface area contributed by atoms with Crippen LogP contribution < -0.4 is 15.8 Å². The van der Waals surface area contributed by atoms with E-state index in [0.717, 1.165) is 35.3 Å². The van der Waals surface area contributed by atoms with Crippen LogP contribution in [-0.2, 0) is 11.3 Å². The number of amides is 1. The lowest BCUT2D eigenvalue weighted by molar-refractivity contribution is -0.127. The van der Waals surface area contributed by atoms with Gasteiger partial charge in [-0.15, -0.1) is 0 Å². The lowest BCUT2D eigenvalue weighted by atomic mass is 10.1. The van der Waals surface area contributed by atoms with Crippen LogP contribution in [0, 0.1) is 13.8 Å². The van der Waals surface area contributed by atoms with Crippen molar-refractivity contribution in [3.05, 3.63) is 28.8 Å². The van der Waals surface area contributed by atoms with Gasteiger partial charge in [-0.3, -0.25) is 4.79 Å². The third-order valence-corrected chi connectivity index (χ3v) is 3.34. The standard InChI is InChI=1S/C15H22N2O2/c1-9-6-12(8-16)7-10(2)14(9)19-11(3)15(18)17-13-4-5-13/h6-7,11,13H,4-5,8,16H2,1-3H3,(H,17,18). The van der Waals surface area contributed by atoms with Gasteiger partial charge in [-0.25, -0.2) is 0 Å². The first kappa shape index (κ1) is 13.9. The number of aryl methyl sites for hydroxylation is 2. The molecule has 1 fully saturated rings. The van der Waals surface area contributed by atoms with Crippen LogP contribution in [-0.4, -0.2) is 18.1 Å². The first-order chi connectivity index (χ1) is 9.01. The molecule has 1 amide bonds. The highest BCUT2D eigenvalue weighted by molar-refractivity contribution is 5.81. The van der Waals surface area contributed by atoms with Gasteiger partial charge in [0.2, 0.25) is 0 Å². The summed E-state index contributed by atoms with van der Waals surface area (Å²) in [7, 11) is 0. The van der Waals surface area contributed by atoms with Gasteiger partial charge in [-0.05, 0) is 50.3 Å². The van der Waals surface area contributed by atoms with E-state index >= 15 is 0 Å². The van der Waals surface area contributed by atoms with E-state index in [0.29, 0.717) is 12.6 Å². The number of carbonyl (C=O) groups is 1. The molecule has 1 aliphatic rings. The highest BCUT2D eigenvalue weighted by atomic mass is 16.5. The Hall–Kier alpha value is -1.55. The van der Waals surface area contributed by atoms with E-state index in [1.807, 2.05) is 26.0 Å². The molecule has 1 aromatic carbocycles. The van der Waals surface area contributed by atoms with Crippen molar-refractivity contribution in [2.24, 2.45) is 5.73 Å². The van der Waals surface area contributed by atoms with Crippen LogP contribution in [0.1, 0.15) is 36.5 Å². The molecule has 0 saturated heterocycles. The summed E-state index contributed by atoms with van der Waals surface area (Å²) in [6.07, 6.45) is 1.70. The van der Waals surface area contributed by atoms with Gasteiger partial charge in [0.25, 0.3) is 5.91 Å². The van der Waals surface area contributed by atoms with Crippen molar-refractivity contribution in [2.75, 3.05) is 0 Å². The molecule has 2 rings (SSSR count). The number of hydrogen-bond acceptors (Lipinski definition) is 3. The van der Waals surface area contributed by atoms with Crippen LogP contribution in [0.25, 0.3) is 0 Å². The Balaban J connectivity index is 2.07. The summed E-state index contributed by atoms with van der Waals surface area (Å²) in [5, 5.41) is 2.95. The molecule has 0 heterocycles. The molecule has 0 spiro atoms. The Labute approximate surface area is 114 Å². The third-order valence-electron chi connectivity index (χ3n) is 3.34. The average Bonchev–Trinajstić information content (AvgIpc) is 3.16. The van der Waals surface area contributed by atoms with E-state index in [2.05, 4.69) is 5.32 Å². The van der Waals surface area contributed by atoms with Gasteiger partial charge in [0.15, 0.2) is 6.10 Å². The molecule has 3 N–H and O–H groups in total. The molecule has 1 atom stereocenters. The fraction of sp³-hybridized carbons (Fsp3) is 0.533. The highest BCUT2D eigenvalue weighted by Gasteiger charge is 2.26. The number of rotatable bonds is 5. The number of ether oxygens (including phenoxy) is 1. The van der Waals surface area contributed by atoms with Gasteiger partial charge in [-0.1, -0.05) is 12.1 Å². The van der Waals surface area contributed by atoms with E-state index in [1.165, 1.54) is 0 Å². The molecule has 0 aliphatic heterocycles. The average molecular weight is 262 g/mol.